The molecule has 0 aliphatic carbocycles. The van der Waals surface area contributed by atoms with Gasteiger partial charge in [-0.25, -0.2) is 0 Å². The molecule has 1 nitrogen and oxygen atoms in total. The smallest absolute Gasteiger partial charge is 0.0292 e. The van der Waals surface area contributed by atoms with Crippen molar-refractivity contribution in [2.75, 3.05) is 5.75 Å². The van der Waals surface area contributed by atoms with Crippen LogP contribution in [0.15, 0.2) is 23.1 Å². The van der Waals surface area contributed by atoms with Crippen molar-refractivity contribution in [3.63, 3.8) is 0 Å². The van der Waals surface area contributed by atoms with E-state index in [1.165, 1.54) is 34.6 Å². The maximum Gasteiger partial charge on any atom is 0.0292 e. The van der Waals surface area contributed by atoms with E-state index in [4.69, 9.17) is 5.73 Å². The van der Waals surface area contributed by atoms with Crippen LogP contribution in [0.2, 0.25) is 0 Å². The number of rotatable bonds is 2. The molecule has 2 heteroatoms. The van der Waals surface area contributed by atoms with E-state index < -0.39 is 0 Å². The van der Waals surface area contributed by atoms with Crippen LogP contribution >= 0.6 is 11.8 Å². The van der Waals surface area contributed by atoms with Crippen molar-refractivity contribution in [3.05, 3.63) is 29.3 Å². The van der Waals surface area contributed by atoms with Gasteiger partial charge in [-0.2, -0.15) is 0 Å². The topological polar surface area (TPSA) is 26.0 Å². The molecule has 1 aliphatic rings. The normalized spacial score (nSPS) is 17.6. The standard InChI is InChI=1S/C12H17NS/c1-2-11(13)9-5-6-12-10(8-9)4-3-7-14-12/h5-6,8,11H,2-4,7,13H2,1H3. The van der Waals surface area contributed by atoms with Crippen molar-refractivity contribution >= 4 is 11.8 Å². The Kier molecular flexibility index (Phi) is 3.14. The van der Waals surface area contributed by atoms with Gasteiger partial charge in [-0.1, -0.05) is 19.1 Å². The first-order valence-corrected chi connectivity index (χ1v) is 6.31. The molecule has 0 radical (unpaired) electrons. The molecule has 1 atom stereocenters. The summed E-state index contributed by atoms with van der Waals surface area (Å²) in [6.07, 6.45) is 3.56. The number of fused-ring (bicyclic) bond motifs is 1. The second kappa shape index (κ2) is 4.37. The van der Waals surface area contributed by atoms with Crippen LogP contribution in [0.3, 0.4) is 0 Å². The van der Waals surface area contributed by atoms with Gasteiger partial charge >= 0.3 is 0 Å². The minimum absolute atomic E-state index is 0.215. The van der Waals surface area contributed by atoms with Gasteiger partial charge in [0.05, 0.1) is 0 Å². The summed E-state index contributed by atoms with van der Waals surface area (Å²) in [5.74, 6) is 1.27. The molecule has 76 valence electrons. The van der Waals surface area contributed by atoms with Crippen LogP contribution in [-0.2, 0) is 6.42 Å². The molecule has 1 aromatic rings. The van der Waals surface area contributed by atoms with E-state index >= 15 is 0 Å². The Morgan fingerprint density at radius 3 is 3.14 bits per heavy atom. The zero-order valence-electron chi connectivity index (χ0n) is 8.62. The number of benzene rings is 1. The van der Waals surface area contributed by atoms with Crippen molar-refractivity contribution in [1.82, 2.24) is 0 Å². The third-order valence-corrected chi connectivity index (χ3v) is 4.00. The predicted octanol–water partition coefficient (Wildman–Crippen LogP) is 3.13. The number of hydrogen-bond donors (Lipinski definition) is 1. The number of aryl methyl sites for hydroxylation is 1. The predicted molar refractivity (Wildman–Crippen MR) is 62.7 cm³/mol. The molecule has 1 aliphatic heterocycles. The molecule has 0 saturated heterocycles. The van der Waals surface area contributed by atoms with Crippen LogP contribution in [-0.4, -0.2) is 5.75 Å². The number of nitrogens with two attached hydrogens (primary N) is 1. The molecular formula is C12H17NS. The summed E-state index contributed by atoms with van der Waals surface area (Å²) < 4.78 is 0. The largest absolute Gasteiger partial charge is 0.324 e. The second-order valence-electron chi connectivity index (χ2n) is 3.83. The van der Waals surface area contributed by atoms with Crippen LogP contribution in [0.25, 0.3) is 0 Å². The van der Waals surface area contributed by atoms with Gasteiger partial charge in [0.1, 0.15) is 0 Å². The first-order valence-electron chi connectivity index (χ1n) is 5.32. The van der Waals surface area contributed by atoms with Gasteiger partial charge in [-0.15, -0.1) is 11.8 Å². The van der Waals surface area contributed by atoms with Gasteiger partial charge in [0.2, 0.25) is 0 Å². The molecule has 0 amide bonds. The van der Waals surface area contributed by atoms with Gasteiger partial charge in [-0.3, -0.25) is 0 Å². The lowest BCUT2D eigenvalue weighted by atomic mass is 10.0. The SMILES string of the molecule is CCC(N)c1ccc2c(c1)CCCS2. The maximum absolute atomic E-state index is 6.02. The van der Waals surface area contributed by atoms with Gasteiger partial charge in [0, 0.05) is 10.9 Å². The Morgan fingerprint density at radius 1 is 1.50 bits per heavy atom. The fraction of sp³-hybridized carbons (Fsp3) is 0.500. The van der Waals surface area contributed by atoms with Crippen LogP contribution in [0.4, 0.5) is 0 Å². The molecule has 0 bridgehead atoms. The zero-order valence-corrected chi connectivity index (χ0v) is 9.44. The quantitative estimate of drug-likeness (QED) is 0.806. The minimum Gasteiger partial charge on any atom is -0.324 e. The molecule has 14 heavy (non-hydrogen) atoms. The van der Waals surface area contributed by atoms with Crippen molar-refractivity contribution in [3.8, 4) is 0 Å². The van der Waals surface area contributed by atoms with Crippen molar-refractivity contribution in [2.24, 2.45) is 5.73 Å². The van der Waals surface area contributed by atoms with Gasteiger partial charge in [-0.05, 0) is 42.2 Å². The Bertz CT molecular complexity index is 322. The van der Waals surface area contributed by atoms with E-state index in [9.17, 15) is 0 Å². The molecule has 1 heterocycles. The fourth-order valence-corrected chi connectivity index (χ4v) is 2.87. The zero-order chi connectivity index (χ0) is 9.97. The van der Waals surface area contributed by atoms with E-state index in [2.05, 4.69) is 25.1 Å². The first-order chi connectivity index (χ1) is 6.81. The van der Waals surface area contributed by atoms with Gasteiger partial charge in [0.15, 0.2) is 0 Å². The summed E-state index contributed by atoms with van der Waals surface area (Å²) in [6, 6.07) is 6.94. The van der Waals surface area contributed by atoms with Crippen LogP contribution < -0.4 is 5.73 Å². The van der Waals surface area contributed by atoms with E-state index in [1.54, 1.807) is 0 Å². The summed E-state index contributed by atoms with van der Waals surface area (Å²) in [5, 5.41) is 0. The molecule has 1 unspecified atom stereocenters. The molecule has 0 saturated carbocycles. The fourth-order valence-electron chi connectivity index (χ4n) is 1.85. The summed E-state index contributed by atoms with van der Waals surface area (Å²) in [4.78, 5) is 1.46. The third-order valence-electron chi connectivity index (χ3n) is 2.80. The van der Waals surface area contributed by atoms with E-state index in [1.807, 2.05) is 11.8 Å². The average molecular weight is 207 g/mol. The molecule has 0 aromatic heterocycles. The van der Waals surface area contributed by atoms with Crippen LogP contribution in [0, 0.1) is 0 Å². The van der Waals surface area contributed by atoms with Gasteiger partial charge in [0.25, 0.3) is 0 Å². The average Bonchev–Trinajstić information content (AvgIpc) is 2.27. The highest BCUT2D eigenvalue weighted by molar-refractivity contribution is 7.99. The molecule has 1 aromatic carbocycles. The van der Waals surface area contributed by atoms with E-state index in [0.29, 0.717) is 0 Å². The molecule has 2 rings (SSSR count). The van der Waals surface area contributed by atoms with Crippen molar-refractivity contribution in [2.45, 2.75) is 37.1 Å². The highest BCUT2D eigenvalue weighted by atomic mass is 32.2. The first kappa shape index (κ1) is 10.1. The summed E-state index contributed by atoms with van der Waals surface area (Å²) in [7, 11) is 0. The lowest BCUT2D eigenvalue weighted by molar-refractivity contribution is 0.695. The monoisotopic (exact) mass is 207 g/mol. The Morgan fingerprint density at radius 2 is 2.36 bits per heavy atom. The van der Waals surface area contributed by atoms with Crippen molar-refractivity contribution in [1.29, 1.82) is 0 Å². The van der Waals surface area contributed by atoms with Crippen molar-refractivity contribution < 1.29 is 0 Å². The van der Waals surface area contributed by atoms with Crippen LogP contribution in [0.1, 0.15) is 36.9 Å². The molecule has 2 N–H and O–H groups in total. The van der Waals surface area contributed by atoms with Gasteiger partial charge < -0.3 is 5.73 Å². The second-order valence-corrected chi connectivity index (χ2v) is 4.97. The molecule has 0 fully saturated rings. The van der Waals surface area contributed by atoms with E-state index in [-0.39, 0.29) is 6.04 Å². The highest BCUT2D eigenvalue weighted by Gasteiger charge is 2.11. The highest BCUT2D eigenvalue weighted by Crippen LogP contribution is 2.31. The Labute approximate surface area is 90.1 Å². The van der Waals surface area contributed by atoms with Crippen LogP contribution in [0.5, 0.6) is 0 Å². The summed E-state index contributed by atoms with van der Waals surface area (Å²) >= 11 is 1.98. The summed E-state index contributed by atoms with van der Waals surface area (Å²) in [6.45, 7) is 2.14. The molecular weight excluding hydrogens is 190 g/mol. The number of thioether (sulfide) groups is 1. The maximum atomic E-state index is 6.02. The molecule has 0 spiro atoms. The number of hydrogen-bond acceptors (Lipinski definition) is 2. The minimum atomic E-state index is 0.215. The lowest BCUT2D eigenvalue weighted by Crippen LogP contribution is -2.10. The summed E-state index contributed by atoms with van der Waals surface area (Å²) in [5.41, 5.74) is 8.82. The lowest BCUT2D eigenvalue weighted by Gasteiger charge is -2.18. The van der Waals surface area contributed by atoms with E-state index in [0.717, 1.165) is 6.42 Å². The Balaban J connectivity index is 2.29. The third kappa shape index (κ3) is 1.96. The Hall–Kier alpha value is -0.470.